The van der Waals surface area contributed by atoms with Gasteiger partial charge in [0.05, 0.1) is 0 Å². The Labute approximate surface area is 81.6 Å². The van der Waals surface area contributed by atoms with Crippen LogP contribution in [0.1, 0.15) is 44.9 Å². The molecule has 0 saturated heterocycles. The molecule has 0 heterocycles. The third-order valence-corrected chi connectivity index (χ3v) is 3.11. The van der Waals surface area contributed by atoms with E-state index in [0.29, 0.717) is 6.04 Å². The summed E-state index contributed by atoms with van der Waals surface area (Å²) >= 11 is 0. The van der Waals surface area contributed by atoms with Gasteiger partial charge in [0.25, 0.3) is 0 Å². The van der Waals surface area contributed by atoms with E-state index >= 15 is 0 Å². The Hall–Kier alpha value is -0.340. The van der Waals surface area contributed by atoms with Crippen molar-refractivity contribution in [1.82, 2.24) is 5.43 Å². The summed E-state index contributed by atoms with van der Waals surface area (Å²) < 4.78 is 0. The van der Waals surface area contributed by atoms with Crippen molar-refractivity contribution < 1.29 is 0 Å². The number of nitrogens with two attached hydrogens (primary N) is 1. The number of hydrogen-bond donors (Lipinski definition) is 2. The molecule has 0 amide bonds. The molecule has 0 spiro atoms. The van der Waals surface area contributed by atoms with Crippen LogP contribution in [0.25, 0.3) is 0 Å². The van der Waals surface area contributed by atoms with Gasteiger partial charge in [0, 0.05) is 6.04 Å². The van der Waals surface area contributed by atoms with Gasteiger partial charge in [-0.15, -0.1) is 6.58 Å². The van der Waals surface area contributed by atoms with Crippen LogP contribution >= 0.6 is 0 Å². The Morgan fingerprint density at radius 1 is 1.46 bits per heavy atom. The molecule has 1 fully saturated rings. The Bertz CT molecular complexity index is 139. The van der Waals surface area contributed by atoms with Crippen molar-refractivity contribution in [3.63, 3.8) is 0 Å². The van der Waals surface area contributed by atoms with Gasteiger partial charge in [-0.2, -0.15) is 0 Å². The monoisotopic (exact) mass is 182 g/mol. The van der Waals surface area contributed by atoms with Gasteiger partial charge in [-0.1, -0.05) is 18.9 Å². The molecule has 0 bridgehead atoms. The van der Waals surface area contributed by atoms with Gasteiger partial charge in [-0.25, -0.2) is 0 Å². The van der Waals surface area contributed by atoms with Crippen LogP contribution in [0.3, 0.4) is 0 Å². The predicted octanol–water partition coefficient (Wildman–Crippen LogP) is 2.36. The SMILES string of the molecule is C=CCCCC(NN)C1CCCC1. The lowest BCUT2D eigenvalue weighted by molar-refractivity contribution is 0.339. The smallest absolute Gasteiger partial charge is 0.0238 e. The molecule has 0 radical (unpaired) electrons. The second kappa shape index (κ2) is 6.17. The largest absolute Gasteiger partial charge is 0.271 e. The lowest BCUT2D eigenvalue weighted by atomic mass is 9.94. The van der Waals surface area contributed by atoms with E-state index in [1.54, 1.807) is 0 Å². The molecule has 2 nitrogen and oxygen atoms in total. The second-order valence-corrected chi connectivity index (χ2v) is 4.04. The first-order valence-corrected chi connectivity index (χ1v) is 5.45. The fraction of sp³-hybridized carbons (Fsp3) is 0.818. The van der Waals surface area contributed by atoms with Gasteiger partial charge >= 0.3 is 0 Å². The van der Waals surface area contributed by atoms with Gasteiger partial charge in [0.1, 0.15) is 0 Å². The van der Waals surface area contributed by atoms with Gasteiger partial charge < -0.3 is 0 Å². The number of hydrogen-bond acceptors (Lipinski definition) is 2. The summed E-state index contributed by atoms with van der Waals surface area (Å²) in [4.78, 5) is 0. The molecule has 1 aliphatic carbocycles. The normalized spacial score (nSPS) is 20.4. The molecule has 1 atom stereocenters. The highest BCUT2D eigenvalue weighted by Crippen LogP contribution is 2.29. The number of nitrogens with one attached hydrogen (secondary N) is 1. The maximum Gasteiger partial charge on any atom is 0.0238 e. The van der Waals surface area contributed by atoms with Crippen molar-refractivity contribution in [2.45, 2.75) is 51.0 Å². The lowest BCUT2D eigenvalue weighted by Gasteiger charge is -2.22. The zero-order chi connectivity index (χ0) is 9.52. The van der Waals surface area contributed by atoms with Crippen LogP contribution in [-0.4, -0.2) is 6.04 Å². The van der Waals surface area contributed by atoms with E-state index in [1.807, 2.05) is 6.08 Å². The zero-order valence-corrected chi connectivity index (χ0v) is 8.47. The molecule has 1 aliphatic rings. The van der Waals surface area contributed by atoms with Crippen LogP contribution in [-0.2, 0) is 0 Å². The van der Waals surface area contributed by atoms with E-state index in [1.165, 1.54) is 38.5 Å². The maximum atomic E-state index is 5.56. The maximum absolute atomic E-state index is 5.56. The van der Waals surface area contributed by atoms with Crippen molar-refractivity contribution >= 4 is 0 Å². The van der Waals surface area contributed by atoms with E-state index in [0.717, 1.165) is 12.3 Å². The first-order valence-electron chi connectivity index (χ1n) is 5.45. The molecule has 1 unspecified atom stereocenters. The molecule has 1 rings (SSSR count). The summed E-state index contributed by atoms with van der Waals surface area (Å²) in [6.45, 7) is 3.73. The minimum atomic E-state index is 0.544. The third-order valence-electron chi connectivity index (χ3n) is 3.11. The fourth-order valence-electron chi connectivity index (χ4n) is 2.30. The summed E-state index contributed by atoms with van der Waals surface area (Å²) in [6.07, 6.45) is 11.0. The summed E-state index contributed by atoms with van der Waals surface area (Å²) in [5.41, 5.74) is 2.97. The minimum Gasteiger partial charge on any atom is -0.271 e. The molecule has 0 aromatic carbocycles. The van der Waals surface area contributed by atoms with Gasteiger partial charge in [-0.05, 0) is 38.0 Å². The van der Waals surface area contributed by atoms with Crippen molar-refractivity contribution in [1.29, 1.82) is 0 Å². The van der Waals surface area contributed by atoms with Crippen molar-refractivity contribution in [2.75, 3.05) is 0 Å². The Balaban J connectivity index is 2.20. The topological polar surface area (TPSA) is 38.0 Å². The minimum absolute atomic E-state index is 0.544. The van der Waals surface area contributed by atoms with Gasteiger partial charge in [0.2, 0.25) is 0 Å². The van der Waals surface area contributed by atoms with Gasteiger partial charge in [0.15, 0.2) is 0 Å². The summed E-state index contributed by atoms with van der Waals surface area (Å²) in [5.74, 6) is 6.39. The molecule has 3 N–H and O–H groups in total. The number of rotatable bonds is 6. The Kier molecular flexibility index (Phi) is 5.09. The van der Waals surface area contributed by atoms with Crippen LogP contribution in [0, 0.1) is 5.92 Å². The van der Waals surface area contributed by atoms with E-state index in [4.69, 9.17) is 5.84 Å². The molecule has 1 saturated carbocycles. The Morgan fingerprint density at radius 3 is 2.69 bits per heavy atom. The zero-order valence-electron chi connectivity index (χ0n) is 8.47. The quantitative estimate of drug-likeness (QED) is 0.286. The lowest BCUT2D eigenvalue weighted by Crippen LogP contribution is -2.39. The van der Waals surface area contributed by atoms with E-state index < -0.39 is 0 Å². The van der Waals surface area contributed by atoms with E-state index in [9.17, 15) is 0 Å². The summed E-state index contributed by atoms with van der Waals surface area (Å²) in [6, 6.07) is 0.544. The summed E-state index contributed by atoms with van der Waals surface area (Å²) in [5, 5.41) is 0. The number of allylic oxidation sites excluding steroid dienone is 1. The average Bonchev–Trinajstić information content (AvgIpc) is 2.65. The molecule has 0 aromatic heterocycles. The third kappa shape index (κ3) is 3.49. The predicted molar refractivity (Wildman–Crippen MR) is 57.1 cm³/mol. The highest BCUT2D eigenvalue weighted by atomic mass is 15.2. The van der Waals surface area contributed by atoms with Crippen molar-refractivity contribution in [3.8, 4) is 0 Å². The first-order chi connectivity index (χ1) is 6.38. The van der Waals surface area contributed by atoms with Crippen LogP contribution in [0.2, 0.25) is 0 Å². The molecular formula is C11H22N2. The van der Waals surface area contributed by atoms with Crippen LogP contribution in [0.5, 0.6) is 0 Å². The van der Waals surface area contributed by atoms with Gasteiger partial charge in [-0.3, -0.25) is 11.3 Å². The molecule has 0 aliphatic heterocycles. The van der Waals surface area contributed by atoms with Crippen LogP contribution in [0.4, 0.5) is 0 Å². The van der Waals surface area contributed by atoms with E-state index in [-0.39, 0.29) is 0 Å². The average molecular weight is 182 g/mol. The highest BCUT2D eigenvalue weighted by molar-refractivity contribution is 4.80. The van der Waals surface area contributed by atoms with Crippen molar-refractivity contribution in [2.24, 2.45) is 11.8 Å². The molecule has 2 heteroatoms. The van der Waals surface area contributed by atoms with Crippen LogP contribution < -0.4 is 11.3 Å². The summed E-state index contributed by atoms with van der Waals surface area (Å²) in [7, 11) is 0. The first kappa shape index (κ1) is 10.7. The number of unbranched alkanes of at least 4 members (excludes halogenated alkanes) is 1. The van der Waals surface area contributed by atoms with E-state index in [2.05, 4.69) is 12.0 Å². The van der Waals surface area contributed by atoms with Crippen LogP contribution in [0.15, 0.2) is 12.7 Å². The highest BCUT2D eigenvalue weighted by Gasteiger charge is 2.23. The Morgan fingerprint density at radius 2 is 2.15 bits per heavy atom. The molecule has 13 heavy (non-hydrogen) atoms. The standard InChI is InChI=1S/C11H22N2/c1-2-3-4-9-11(13-12)10-7-5-6-8-10/h2,10-11,13H,1,3-9,12H2. The molecule has 0 aromatic rings. The second-order valence-electron chi connectivity index (χ2n) is 4.04. The van der Waals surface area contributed by atoms with Crippen molar-refractivity contribution in [3.05, 3.63) is 12.7 Å². The molecule has 76 valence electrons. The molecular weight excluding hydrogens is 160 g/mol. The number of hydrazine groups is 1. The fourth-order valence-corrected chi connectivity index (χ4v) is 2.30.